The van der Waals surface area contributed by atoms with Crippen molar-refractivity contribution >= 4 is 35.4 Å². The SMILES string of the molecule is CSCCC(NC(=O)c1ccc(NCc2cnc[nH]2)cc1/C=C/C(C)(C)C)C(=O)O. The van der Waals surface area contributed by atoms with E-state index < -0.39 is 17.9 Å². The number of hydrogen-bond donors (Lipinski definition) is 4. The van der Waals surface area contributed by atoms with Crippen molar-refractivity contribution in [1.82, 2.24) is 15.3 Å². The summed E-state index contributed by atoms with van der Waals surface area (Å²) >= 11 is 1.55. The molecule has 1 amide bonds. The van der Waals surface area contributed by atoms with Gasteiger partial charge in [-0.3, -0.25) is 4.79 Å². The lowest BCUT2D eigenvalue weighted by molar-refractivity contribution is -0.139. The van der Waals surface area contributed by atoms with Gasteiger partial charge in [-0.1, -0.05) is 32.9 Å². The summed E-state index contributed by atoms with van der Waals surface area (Å²) in [7, 11) is 0. The van der Waals surface area contributed by atoms with Gasteiger partial charge >= 0.3 is 5.97 Å². The molecule has 7 nitrogen and oxygen atoms in total. The van der Waals surface area contributed by atoms with E-state index >= 15 is 0 Å². The lowest BCUT2D eigenvalue weighted by Gasteiger charge is -2.17. The number of H-pyrrole nitrogens is 1. The van der Waals surface area contributed by atoms with Gasteiger partial charge in [0, 0.05) is 17.4 Å². The molecule has 0 saturated carbocycles. The number of aromatic nitrogens is 2. The highest BCUT2D eigenvalue weighted by atomic mass is 32.2. The third-order valence-corrected chi connectivity index (χ3v) is 4.95. The zero-order valence-electron chi connectivity index (χ0n) is 17.9. The molecular formula is C22H30N4O3S. The first-order chi connectivity index (χ1) is 14.2. The van der Waals surface area contributed by atoms with Crippen LogP contribution in [0.15, 0.2) is 36.8 Å². The monoisotopic (exact) mass is 430 g/mol. The minimum Gasteiger partial charge on any atom is -0.480 e. The van der Waals surface area contributed by atoms with Crippen LogP contribution in [0.1, 0.15) is 48.8 Å². The summed E-state index contributed by atoms with van der Waals surface area (Å²) in [4.78, 5) is 31.4. The van der Waals surface area contributed by atoms with Crippen LogP contribution >= 0.6 is 11.8 Å². The Morgan fingerprint density at radius 3 is 2.70 bits per heavy atom. The molecule has 0 saturated heterocycles. The third-order valence-electron chi connectivity index (χ3n) is 4.31. The van der Waals surface area contributed by atoms with Crippen LogP contribution in [0, 0.1) is 5.41 Å². The number of carbonyl (C=O) groups excluding carboxylic acids is 1. The second-order valence-corrected chi connectivity index (χ2v) is 9.06. The van der Waals surface area contributed by atoms with Gasteiger partial charge in [0.15, 0.2) is 0 Å². The van der Waals surface area contributed by atoms with E-state index in [0.717, 1.165) is 16.9 Å². The van der Waals surface area contributed by atoms with Crippen LogP contribution in [-0.2, 0) is 11.3 Å². The quantitative estimate of drug-likeness (QED) is 0.454. The molecule has 0 radical (unpaired) electrons. The Balaban J connectivity index is 2.25. The number of aromatic amines is 1. The molecule has 0 aliphatic carbocycles. The van der Waals surface area contributed by atoms with Gasteiger partial charge in [-0.15, -0.1) is 0 Å². The minimum atomic E-state index is -1.03. The second-order valence-electron chi connectivity index (χ2n) is 8.08. The Labute approximate surface area is 181 Å². The maximum atomic E-state index is 12.9. The van der Waals surface area contributed by atoms with Gasteiger partial charge in [-0.25, -0.2) is 9.78 Å². The Bertz CT molecular complexity index is 873. The van der Waals surface area contributed by atoms with Crippen LogP contribution in [0.5, 0.6) is 0 Å². The molecular weight excluding hydrogens is 400 g/mol. The van der Waals surface area contributed by atoms with Crippen LogP contribution in [0.25, 0.3) is 6.08 Å². The molecule has 30 heavy (non-hydrogen) atoms. The molecule has 2 aromatic rings. The Morgan fingerprint density at radius 1 is 1.33 bits per heavy atom. The first-order valence-electron chi connectivity index (χ1n) is 9.76. The van der Waals surface area contributed by atoms with E-state index in [1.54, 1.807) is 30.4 Å². The standard InChI is InChI=1S/C22H30N4O3S/c1-22(2,3)9-7-15-11-16(24-13-17-12-23-14-25-17)5-6-18(15)20(27)26-19(21(28)29)8-10-30-4/h5-7,9,11-12,14,19,24H,8,10,13H2,1-4H3,(H,23,25)(H,26,27)(H,28,29)/b9-7+. The number of allylic oxidation sites excluding steroid dienone is 1. The van der Waals surface area contributed by atoms with Crippen LogP contribution in [-0.4, -0.2) is 45.0 Å². The maximum absolute atomic E-state index is 12.9. The molecule has 1 heterocycles. The lowest BCUT2D eigenvalue weighted by Crippen LogP contribution is -2.41. The van der Waals surface area contributed by atoms with E-state index in [4.69, 9.17) is 0 Å². The van der Waals surface area contributed by atoms with E-state index in [1.165, 1.54) is 0 Å². The van der Waals surface area contributed by atoms with Gasteiger partial charge in [-0.05, 0) is 47.6 Å². The maximum Gasteiger partial charge on any atom is 0.326 e. The Kier molecular flexibility index (Phi) is 8.53. The van der Waals surface area contributed by atoms with Crippen LogP contribution < -0.4 is 10.6 Å². The lowest BCUT2D eigenvalue weighted by atomic mass is 9.94. The summed E-state index contributed by atoms with van der Waals surface area (Å²) in [6.07, 6.45) is 9.59. The number of nitrogens with one attached hydrogen (secondary N) is 3. The molecule has 0 aliphatic heterocycles. The van der Waals surface area contributed by atoms with Crippen molar-refractivity contribution in [2.45, 2.75) is 39.8 Å². The van der Waals surface area contributed by atoms with E-state index in [9.17, 15) is 14.7 Å². The highest BCUT2D eigenvalue weighted by molar-refractivity contribution is 7.98. The van der Waals surface area contributed by atoms with Crippen molar-refractivity contribution in [3.05, 3.63) is 53.6 Å². The topological polar surface area (TPSA) is 107 Å². The molecule has 0 spiro atoms. The van der Waals surface area contributed by atoms with Crippen LogP contribution in [0.3, 0.4) is 0 Å². The summed E-state index contributed by atoms with van der Waals surface area (Å²) in [5, 5.41) is 15.4. The van der Waals surface area contributed by atoms with Gasteiger partial charge in [-0.2, -0.15) is 11.8 Å². The highest BCUT2D eigenvalue weighted by Gasteiger charge is 2.21. The fourth-order valence-electron chi connectivity index (χ4n) is 2.66. The van der Waals surface area contributed by atoms with Crippen molar-refractivity contribution in [1.29, 1.82) is 0 Å². The number of amides is 1. The molecule has 1 aromatic carbocycles. The average molecular weight is 431 g/mol. The molecule has 0 fully saturated rings. The zero-order valence-corrected chi connectivity index (χ0v) is 18.7. The van der Waals surface area contributed by atoms with Crippen molar-refractivity contribution in [3.63, 3.8) is 0 Å². The van der Waals surface area contributed by atoms with Crippen molar-refractivity contribution < 1.29 is 14.7 Å². The number of hydrogen-bond acceptors (Lipinski definition) is 5. The molecule has 4 N–H and O–H groups in total. The molecule has 1 atom stereocenters. The largest absolute Gasteiger partial charge is 0.480 e. The average Bonchev–Trinajstić information content (AvgIpc) is 3.20. The van der Waals surface area contributed by atoms with Gasteiger partial charge in [0.05, 0.1) is 18.6 Å². The van der Waals surface area contributed by atoms with E-state index in [0.29, 0.717) is 24.3 Å². The molecule has 1 unspecified atom stereocenters. The number of rotatable bonds is 10. The number of imidazole rings is 1. The number of nitrogens with zero attached hydrogens (tertiary/aromatic N) is 1. The summed E-state index contributed by atoms with van der Waals surface area (Å²) in [5.74, 6) is -0.760. The Morgan fingerprint density at radius 2 is 2.10 bits per heavy atom. The zero-order chi connectivity index (χ0) is 22.1. The minimum absolute atomic E-state index is 0.0605. The number of carboxylic acids is 1. The fourth-order valence-corrected chi connectivity index (χ4v) is 3.14. The number of benzene rings is 1. The number of anilines is 1. The van der Waals surface area contributed by atoms with Gasteiger partial charge < -0.3 is 20.7 Å². The van der Waals surface area contributed by atoms with Crippen LogP contribution in [0.4, 0.5) is 5.69 Å². The van der Waals surface area contributed by atoms with E-state index in [2.05, 4.69) is 41.4 Å². The number of carbonyl (C=O) groups is 2. The van der Waals surface area contributed by atoms with Gasteiger partial charge in [0.25, 0.3) is 5.91 Å². The predicted octanol–water partition coefficient (Wildman–Crippen LogP) is 4.02. The molecule has 8 heteroatoms. The first-order valence-corrected chi connectivity index (χ1v) is 11.2. The summed E-state index contributed by atoms with van der Waals surface area (Å²) in [6, 6.07) is 4.52. The molecule has 0 bridgehead atoms. The van der Waals surface area contributed by atoms with Gasteiger partial charge in [0.2, 0.25) is 0 Å². The highest BCUT2D eigenvalue weighted by Crippen LogP contribution is 2.22. The number of carboxylic acid groups (broad SMARTS) is 1. The number of thioether (sulfide) groups is 1. The molecule has 1 aromatic heterocycles. The van der Waals surface area contributed by atoms with Crippen molar-refractivity contribution in [2.75, 3.05) is 17.3 Å². The molecule has 162 valence electrons. The smallest absolute Gasteiger partial charge is 0.326 e. The van der Waals surface area contributed by atoms with E-state index in [1.807, 2.05) is 30.5 Å². The Hall–Kier alpha value is -2.74. The predicted molar refractivity (Wildman–Crippen MR) is 123 cm³/mol. The normalized spacial score (nSPS) is 12.7. The second kappa shape index (κ2) is 10.9. The summed E-state index contributed by atoms with van der Waals surface area (Å²) in [6.45, 7) is 6.80. The fraction of sp³-hybridized carbons (Fsp3) is 0.409. The van der Waals surface area contributed by atoms with Gasteiger partial charge in [0.1, 0.15) is 6.04 Å². The first kappa shape index (κ1) is 23.5. The molecule has 2 rings (SSSR count). The summed E-state index contributed by atoms with van der Waals surface area (Å²) < 4.78 is 0. The van der Waals surface area contributed by atoms with Crippen LogP contribution in [0.2, 0.25) is 0 Å². The van der Waals surface area contributed by atoms with Crippen molar-refractivity contribution in [2.24, 2.45) is 5.41 Å². The third kappa shape index (κ3) is 7.59. The van der Waals surface area contributed by atoms with E-state index in [-0.39, 0.29) is 5.41 Å². The van der Waals surface area contributed by atoms with Crippen molar-refractivity contribution in [3.8, 4) is 0 Å². The molecule has 0 aliphatic rings. The number of aliphatic carboxylic acids is 1. The summed E-state index contributed by atoms with van der Waals surface area (Å²) in [5.41, 5.74) is 2.91.